The van der Waals surface area contributed by atoms with Gasteiger partial charge in [-0.05, 0) is 99.5 Å². The van der Waals surface area contributed by atoms with E-state index in [2.05, 4.69) is 32.6 Å². The molecule has 0 aromatic heterocycles. The first-order chi connectivity index (χ1) is 15.0. The molecule has 3 saturated carbocycles. The Kier molecular flexibility index (Phi) is 6.82. The molecule has 0 spiro atoms. The maximum atomic E-state index is 10.4. The minimum absolute atomic E-state index is 0.0531. The summed E-state index contributed by atoms with van der Waals surface area (Å²) in [7, 11) is 0. The van der Waals surface area contributed by atoms with Crippen LogP contribution >= 0.6 is 0 Å². The molecular weight excluding hydrogens is 400 g/mol. The Labute approximate surface area is 194 Å². The third kappa shape index (κ3) is 4.53. The van der Waals surface area contributed by atoms with E-state index in [1.165, 1.54) is 31.3 Å². The fraction of sp³-hybridized carbons (Fsp3) is 0.786. The lowest BCUT2D eigenvalue weighted by Crippen LogP contribution is -2.41. The van der Waals surface area contributed by atoms with Gasteiger partial charge in [-0.25, -0.2) is 0 Å². The maximum absolute atomic E-state index is 10.4. The third-order valence-corrected chi connectivity index (χ3v) is 9.36. The number of hydrogen-bond donors (Lipinski definition) is 3. The summed E-state index contributed by atoms with van der Waals surface area (Å²) in [6, 6.07) is 0. The number of aliphatic hydroxyl groups is 3. The minimum atomic E-state index is -0.769. The first kappa shape index (κ1) is 24.2. The molecule has 4 aliphatic rings. The molecule has 3 aliphatic carbocycles. The lowest BCUT2D eigenvalue weighted by atomic mass is 9.60. The lowest BCUT2D eigenvalue weighted by molar-refractivity contribution is -0.104. The van der Waals surface area contributed by atoms with Crippen molar-refractivity contribution in [2.24, 2.45) is 23.2 Å². The molecule has 1 aliphatic heterocycles. The van der Waals surface area contributed by atoms with Gasteiger partial charge < -0.3 is 20.1 Å². The fourth-order valence-corrected chi connectivity index (χ4v) is 7.44. The molecular formula is C28H44O4. The van der Waals surface area contributed by atoms with Gasteiger partial charge in [0.1, 0.15) is 0 Å². The first-order valence-corrected chi connectivity index (χ1v) is 12.8. The highest BCUT2D eigenvalue weighted by atomic mass is 16.5. The minimum Gasteiger partial charge on any atom is -0.393 e. The Morgan fingerprint density at radius 3 is 2.59 bits per heavy atom. The second kappa shape index (κ2) is 9.02. The zero-order chi connectivity index (χ0) is 23.3. The van der Waals surface area contributed by atoms with Gasteiger partial charge in [-0.1, -0.05) is 38.2 Å². The Morgan fingerprint density at radius 2 is 1.91 bits per heavy atom. The summed E-state index contributed by atoms with van der Waals surface area (Å²) >= 11 is 0. The van der Waals surface area contributed by atoms with E-state index < -0.39 is 17.8 Å². The van der Waals surface area contributed by atoms with Crippen LogP contribution in [0.4, 0.5) is 0 Å². The average Bonchev–Trinajstić information content (AvgIpc) is 3.34. The molecule has 8 atom stereocenters. The van der Waals surface area contributed by atoms with E-state index in [1.807, 2.05) is 13.8 Å². The van der Waals surface area contributed by atoms with Gasteiger partial charge in [0.15, 0.2) is 0 Å². The van der Waals surface area contributed by atoms with Crippen LogP contribution in [0.3, 0.4) is 0 Å². The molecule has 3 N–H and O–H groups in total. The molecule has 32 heavy (non-hydrogen) atoms. The van der Waals surface area contributed by atoms with E-state index in [4.69, 9.17) is 4.74 Å². The molecule has 4 fully saturated rings. The summed E-state index contributed by atoms with van der Waals surface area (Å²) in [5, 5.41) is 30.6. The Hall–Kier alpha value is -0.940. The van der Waals surface area contributed by atoms with Crippen LogP contribution in [-0.2, 0) is 4.74 Å². The van der Waals surface area contributed by atoms with Crippen LogP contribution in [0.5, 0.6) is 0 Å². The summed E-state index contributed by atoms with van der Waals surface area (Å²) in [6.45, 7) is 12.7. The van der Waals surface area contributed by atoms with Gasteiger partial charge in [0.05, 0.1) is 30.0 Å². The van der Waals surface area contributed by atoms with Gasteiger partial charge in [-0.15, -0.1) is 0 Å². The van der Waals surface area contributed by atoms with Gasteiger partial charge in [-0.2, -0.15) is 0 Å². The molecule has 0 amide bonds. The van der Waals surface area contributed by atoms with Gasteiger partial charge >= 0.3 is 0 Å². The van der Waals surface area contributed by atoms with E-state index in [1.54, 1.807) is 0 Å². The smallest absolute Gasteiger partial charge is 0.0861 e. The van der Waals surface area contributed by atoms with Crippen LogP contribution < -0.4 is 0 Å². The molecule has 4 rings (SSSR count). The number of ether oxygens (including phenoxy) is 1. The average molecular weight is 445 g/mol. The SMILES string of the molecule is C=C1/C(=C\C=C2/CCC[C@]3(C)[C@@H]([C@H](C)[C@H]4CC[C@@H](C(C)(C)O)O4)CC[C@@H]23)C[C@@H](O)C[C@@H]1O. The van der Waals surface area contributed by atoms with Crippen molar-refractivity contribution in [2.45, 2.75) is 115 Å². The molecule has 0 aromatic rings. The topological polar surface area (TPSA) is 69.9 Å². The van der Waals surface area contributed by atoms with Crippen LogP contribution in [0, 0.1) is 23.2 Å². The standard InChI is InChI=1S/C28H44O4/c1-17-20(15-21(29)16-24(17)30)9-8-19-7-6-14-28(5)22(10-11-23(19)28)18(2)25-12-13-26(32-25)27(3,4)31/h8-9,18,21-26,29-31H,1,6-7,10-16H2,2-5H3/b19-8+,20-9-/t18-,21+,22+,23-,24-,25+,26-,28+/m0/s1. The zero-order valence-corrected chi connectivity index (χ0v) is 20.5. The van der Waals surface area contributed by atoms with Crippen molar-refractivity contribution in [3.63, 3.8) is 0 Å². The third-order valence-electron chi connectivity index (χ3n) is 9.36. The van der Waals surface area contributed by atoms with Crippen LogP contribution in [0.2, 0.25) is 0 Å². The van der Waals surface area contributed by atoms with E-state index in [9.17, 15) is 15.3 Å². The van der Waals surface area contributed by atoms with Crippen molar-refractivity contribution in [1.29, 1.82) is 0 Å². The number of allylic oxidation sites excluding steroid dienone is 3. The van der Waals surface area contributed by atoms with Crippen molar-refractivity contribution in [2.75, 3.05) is 0 Å². The largest absolute Gasteiger partial charge is 0.393 e. The van der Waals surface area contributed by atoms with E-state index in [0.717, 1.165) is 30.4 Å². The Balaban J connectivity index is 1.49. The zero-order valence-electron chi connectivity index (χ0n) is 20.5. The van der Waals surface area contributed by atoms with E-state index >= 15 is 0 Å². The van der Waals surface area contributed by atoms with Crippen molar-refractivity contribution >= 4 is 0 Å². The van der Waals surface area contributed by atoms with Crippen molar-refractivity contribution in [3.05, 3.63) is 35.5 Å². The monoisotopic (exact) mass is 444 g/mol. The fourth-order valence-electron chi connectivity index (χ4n) is 7.44. The van der Waals surface area contributed by atoms with E-state index in [-0.39, 0.29) is 12.2 Å². The number of fused-ring (bicyclic) bond motifs is 1. The Morgan fingerprint density at radius 1 is 1.16 bits per heavy atom. The second-order valence-corrected chi connectivity index (χ2v) is 11.9. The highest BCUT2D eigenvalue weighted by molar-refractivity contribution is 5.38. The van der Waals surface area contributed by atoms with Crippen LogP contribution in [0.25, 0.3) is 0 Å². The predicted molar refractivity (Wildman–Crippen MR) is 128 cm³/mol. The highest BCUT2D eigenvalue weighted by Gasteiger charge is 2.53. The highest BCUT2D eigenvalue weighted by Crippen LogP contribution is 2.60. The molecule has 1 saturated heterocycles. The normalized spacial score (nSPS) is 44.3. The van der Waals surface area contributed by atoms with Gasteiger partial charge in [0.25, 0.3) is 0 Å². The molecule has 0 radical (unpaired) electrons. The summed E-state index contributed by atoms with van der Waals surface area (Å²) in [6.07, 6.45) is 12.6. The molecule has 4 heteroatoms. The van der Waals surface area contributed by atoms with Crippen LogP contribution in [-0.4, -0.2) is 45.3 Å². The maximum Gasteiger partial charge on any atom is 0.0861 e. The van der Waals surface area contributed by atoms with Crippen molar-refractivity contribution < 1.29 is 20.1 Å². The molecule has 180 valence electrons. The number of rotatable bonds is 4. The molecule has 4 nitrogen and oxygen atoms in total. The summed E-state index contributed by atoms with van der Waals surface area (Å²) in [5.41, 5.74) is 2.82. The molecule has 0 bridgehead atoms. The van der Waals surface area contributed by atoms with Crippen molar-refractivity contribution in [3.8, 4) is 0 Å². The van der Waals surface area contributed by atoms with Gasteiger partial charge in [-0.3, -0.25) is 0 Å². The summed E-state index contributed by atoms with van der Waals surface area (Å²) in [5.74, 6) is 1.74. The summed E-state index contributed by atoms with van der Waals surface area (Å²) in [4.78, 5) is 0. The van der Waals surface area contributed by atoms with Gasteiger partial charge in [0.2, 0.25) is 0 Å². The quantitative estimate of drug-likeness (QED) is 0.565. The molecule has 1 heterocycles. The number of aliphatic hydroxyl groups excluding tert-OH is 2. The number of hydrogen-bond acceptors (Lipinski definition) is 4. The first-order valence-electron chi connectivity index (χ1n) is 12.8. The van der Waals surface area contributed by atoms with Crippen LogP contribution in [0.1, 0.15) is 85.5 Å². The predicted octanol–water partition coefficient (Wildman–Crippen LogP) is 5.08. The van der Waals surface area contributed by atoms with E-state index in [0.29, 0.717) is 36.0 Å². The second-order valence-electron chi connectivity index (χ2n) is 11.9. The Bertz CT molecular complexity index is 775. The lowest BCUT2D eigenvalue weighted by Gasteiger charge is -2.45. The van der Waals surface area contributed by atoms with Crippen molar-refractivity contribution in [1.82, 2.24) is 0 Å². The van der Waals surface area contributed by atoms with Gasteiger partial charge in [0, 0.05) is 6.42 Å². The molecule has 0 aromatic carbocycles. The van der Waals surface area contributed by atoms with Crippen LogP contribution in [0.15, 0.2) is 35.5 Å². The summed E-state index contributed by atoms with van der Waals surface area (Å²) < 4.78 is 6.38. The molecule has 0 unspecified atom stereocenters.